The van der Waals surface area contributed by atoms with Crippen molar-refractivity contribution in [3.63, 3.8) is 0 Å². The number of nitrogens with zero attached hydrogens (tertiary/aromatic N) is 2. The minimum Gasteiger partial charge on any atom is -0.619 e. The van der Waals surface area contributed by atoms with Gasteiger partial charge in [0.2, 0.25) is 11.3 Å². The topological polar surface area (TPSA) is 92.6 Å². The van der Waals surface area contributed by atoms with Crippen LogP contribution in [0.3, 0.4) is 0 Å². The summed E-state index contributed by atoms with van der Waals surface area (Å²) in [6.07, 6.45) is 5.55. The molecule has 3 N–H and O–H groups in total. The van der Waals surface area contributed by atoms with Crippen molar-refractivity contribution in [3.8, 4) is 0 Å². The first-order chi connectivity index (χ1) is 11.2. The normalized spacial score (nSPS) is 43.5. The van der Waals surface area contributed by atoms with E-state index in [1.54, 1.807) is 0 Å². The lowest BCUT2D eigenvalue weighted by Crippen LogP contribution is -3.24. The molecule has 1 saturated heterocycles. The van der Waals surface area contributed by atoms with E-state index in [4.69, 9.17) is 4.74 Å². The van der Waals surface area contributed by atoms with Gasteiger partial charge < -0.3 is 20.3 Å². The van der Waals surface area contributed by atoms with Gasteiger partial charge in [0.1, 0.15) is 19.0 Å². The molecule has 7 heteroatoms. The second-order valence-corrected chi connectivity index (χ2v) is 7.35. The molecule has 0 aromatic heterocycles. The zero-order valence-corrected chi connectivity index (χ0v) is 13.5. The standard InChI is InChI=1S/C16H25N3O4/c20-16-12-4-1-2-7-15(12,18-8-10-23-11-9-18)19(22)14(16)6-3-5-13(16)17-21/h12,20-21H,1-11H2/p+1/b17-13+/t12-,15-,16+/m1/s1. The molecule has 0 bridgehead atoms. The lowest BCUT2D eigenvalue weighted by molar-refractivity contribution is -1.05. The molecule has 0 aromatic carbocycles. The van der Waals surface area contributed by atoms with E-state index < -0.39 is 11.3 Å². The van der Waals surface area contributed by atoms with Gasteiger partial charge in [0, 0.05) is 6.42 Å². The third kappa shape index (κ3) is 1.87. The third-order valence-corrected chi connectivity index (χ3v) is 6.53. The van der Waals surface area contributed by atoms with Crippen molar-refractivity contribution in [1.29, 1.82) is 0 Å². The molecule has 0 radical (unpaired) electrons. The first-order valence-corrected chi connectivity index (χ1v) is 8.86. The van der Waals surface area contributed by atoms with Crippen LogP contribution in [0.15, 0.2) is 5.16 Å². The van der Waals surface area contributed by atoms with Crippen LogP contribution in [0.5, 0.6) is 0 Å². The van der Waals surface area contributed by atoms with Gasteiger partial charge in [-0.2, -0.15) is 4.74 Å². The van der Waals surface area contributed by atoms with Crippen LogP contribution in [-0.2, 0) is 4.74 Å². The molecule has 3 fully saturated rings. The molecule has 23 heavy (non-hydrogen) atoms. The molecule has 2 aliphatic carbocycles. The molecule has 3 atom stereocenters. The van der Waals surface area contributed by atoms with E-state index in [9.17, 15) is 15.5 Å². The number of hydrogen-bond acceptors (Lipinski definition) is 5. The summed E-state index contributed by atoms with van der Waals surface area (Å²) in [6, 6.07) is 0. The monoisotopic (exact) mass is 324 g/mol. The van der Waals surface area contributed by atoms with Crippen molar-refractivity contribution in [2.75, 3.05) is 26.3 Å². The summed E-state index contributed by atoms with van der Waals surface area (Å²) < 4.78 is 6.62. The molecule has 4 aliphatic rings. The van der Waals surface area contributed by atoms with Gasteiger partial charge in [-0.25, -0.2) is 0 Å². The summed E-state index contributed by atoms with van der Waals surface area (Å²) >= 11 is 0. The average molecular weight is 324 g/mol. The molecule has 0 spiro atoms. The van der Waals surface area contributed by atoms with E-state index in [0.717, 1.165) is 49.9 Å². The van der Waals surface area contributed by atoms with Crippen LogP contribution in [0.25, 0.3) is 0 Å². The number of ether oxygens (including phenoxy) is 1. The van der Waals surface area contributed by atoms with E-state index in [0.29, 0.717) is 37.5 Å². The number of hydrogen-bond donors (Lipinski definition) is 3. The lowest BCUT2D eigenvalue weighted by Gasteiger charge is -2.45. The second kappa shape index (κ2) is 5.43. The molecule has 0 amide bonds. The van der Waals surface area contributed by atoms with Gasteiger partial charge in [0.05, 0.1) is 25.3 Å². The van der Waals surface area contributed by atoms with Crippen molar-refractivity contribution < 1.29 is 24.7 Å². The Morgan fingerprint density at radius 3 is 2.74 bits per heavy atom. The van der Waals surface area contributed by atoms with Crippen LogP contribution in [0, 0.1) is 11.1 Å². The Morgan fingerprint density at radius 1 is 1.22 bits per heavy atom. The van der Waals surface area contributed by atoms with E-state index in [2.05, 4.69) is 5.16 Å². The number of oxime groups is 1. The van der Waals surface area contributed by atoms with Crippen molar-refractivity contribution in [3.05, 3.63) is 5.21 Å². The van der Waals surface area contributed by atoms with Gasteiger partial charge >= 0.3 is 5.66 Å². The Bertz CT molecular complexity index is 558. The molecule has 7 nitrogen and oxygen atoms in total. The minimum absolute atomic E-state index is 0.185. The SMILES string of the molecule is [O-][N+]1=C2CCC/C(=N\O)[C@@]2(O)[C@@H]2CCCC[C@]21[NH+]1CCOCC1. The van der Waals surface area contributed by atoms with E-state index >= 15 is 0 Å². The molecule has 0 unspecified atom stereocenters. The number of aliphatic hydroxyl groups is 1. The fourth-order valence-corrected chi connectivity index (χ4v) is 5.57. The number of quaternary nitrogens is 1. The molecule has 2 heterocycles. The molecule has 128 valence electrons. The lowest BCUT2D eigenvalue weighted by atomic mass is 9.65. The van der Waals surface area contributed by atoms with Gasteiger partial charge in [0.15, 0.2) is 0 Å². The molecular weight excluding hydrogens is 298 g/mol. The maximum absolute atomic E-state index is 13.4. The number of nitrogens with one attached hydrogen (secondary N) is 1. The first-order valence-electron chi connectivity index (χ1n) is 8.86. The summed E-state index contributed by atoms with van der Waals surface area (Å²) in [5.74, 6) is -0.185. The number of rotatable bonds is 1. The predicted octanol–water partition coefficient (Wildman–Crippen LogP) is -0.502. The van der Waals surface area contributed by atoms with Crippen LogP contribution < -0.4 is 4.90 Å². The van der Waals surface area contributed by atoms with Crippen molar-refractivity contribution in [2.45, 2.75) is 56.2 Å². The van der Waals surface area contributed by atoms with Crippen LogP contribution >= 0.6 is 0 Å². The summed E-state index contributed by atoms with van der Waals surface area (Å²) in [4.78, 5) is 1.23. The van der Waals surface area contributed by atoms with Crippen molar-refractivity contribution in [2.24, 2.45) is 11.1 Å². The molecule has 2 aliphatic heterocycles. The maximum Gasteiger partial charge on any atom is 0.303 e. The number of fused-ring (bicyclic) bond motifs is 3. The van der Waals surface area contributed by atoms with Gasteiger partial charge in [0.25, 0.3) is 0 Å². The first kappa shape index (κ1) is 15.4. The van der Waals surface area contributed by atoms with Crippen LogP contribution in [0.4, 0.5) is 0 Å². The van der Waals surface area contributed by atoms with Gasteiger partial charge in [-0.05, 0) is 25.7 Å². The summed E-state index contributed by atoms with van der Waals surface area (Å²) in [5, 5.41) is 37.8. The molecule has 4 rings (SSSR count). The largest absolute Gasteiger partial charge is 0.619 e. The Morgan fingerprint density at radius 2 is 2.00 bits per heavy atom. The second-order valence-electron chi connectivity index (χ2n) is 7.35. The highest BCUT2D eigenvalue weighted by atomic mass is 16.5. The van der Waals surface area contributed by atoms with E-state index in [1.807, 2.05) is 0 Å². The Labute approximate surface area is 135 Å². The Hall–Kier alpha value is -1.18. The van der Waals surface area contributed by atoms with Gasteiger partial charge in [-0.15, -0.1) is 0 Å². The van der Waals surface area contributed by atoms with Gasteiger partial charge in [-0.1, -0.05) is 11.6 Å². The van der Waals surface area contributed by atoms with E-state index in [1.165, 1.54) is 4.90 Å². The molecular formula is C16H26N3O4+. The fourth-order valence-electron chi connectivity index (χ4n) is 5.57. The zero-order valence-electron chi connectivity index (χ0n) is 13.5. The Kier molecular flexibility index (Phi) is 3.62. The third-order valence-electron chi connectivity index (χ3n) is 6.53. The highest BCUT2D eigenvalue weighted by molar-refractivity contribution is 6.15. The van der Waals surface area contributed by atoms with Crippen LogP contribution in [-0.4, -0.2) is 64.0 Å². The summed E-state index contributed by atoms with van der Waals surface area (Å²) in [5.41, 5.74) is -1.05. The average Bonchev–Trinajstić information content (AvgIpc) is 2.82. The zero-order chi connectivity index (χ0) is 16.1. The van der Waals surface area contributed by atoms with Crippen molar-refractivity contribution >= 4 is 11.4 Å². The minimum atomic E-state index is -1.35. The fraction of sp³-hybridized carbons (Fsp3) is 0.875. The Balaban J connectivity index is 1.85. The summed E-state index contributed by atoms with van der Waals surface area (Å²) in [6.45, 7) is 2.91. The van der Waals surface area contributed by atoms with Gasteiger partial charge in [-0.3, -0.25) is 4.90 Å². The van der Waals surface area contributed by atoms with Crippen LogP contribution in [0.1, 0.15) is 44.9 Å². The highest BCUT2D eigenvalue weighted by Gasteiger charge is 2.74. The number of hydroxylamine groups is 1. The summed E-state index contributed by atoms with van der Waals surface area (Å²) in [7, 11) is 0. The maximum atomic E-state index is 13.4. The molecule has 2 saturated carbocycles. The predicted molar refractivity (Wildman–Crippen MR) is 82.9 cm³/mol. The van der Waals surface area contributed by atoms with Crippen LogP contribution in [0.2, 0.25) is 0 Å². The molecule has 0 aromatic rings. The smallest absolute Gasteiger partial charge is 0.303 e. The quantitative estimate of drug-likeness (QED) is 0.262. The highest BCUT2D eigenvalue weighted by Crippen LogP contribution is 2.48. The van der Waals surface area contributed by atoms with E-state index in [-0.39, 0.29) is 5.92 Å². The number of morpholine rings is 1. The van der Waals surface area contributed by atoms with Crippen molar-refractivity contribution in [1.82, 2.24) is 0 Å².